The minimum Gasteiger partial charge on any atom is -0.271 e. The third kappa shape index (κ3) is 2.27. The van der Waals surface area contributed by atoms with Gasteiger partial charge in [0.15, 0.2) is 0 Å². The maximum atomic E-state index is 13.4. The SMILES string of the molecule is CCC(C)C(NN)c1ccncc1F. The smallest absolute Gasteiger partial charge is 0.146 e. The summed E-state index contributed by atoms with van der Waals surface area (Å²) in [6.07, 6.45) is 3.73. The van der Waals surface area contributed by atoms with Crippen molar-refractivity contribution in [3.05, 3.63) is 29.8 Å². The van der Waals surface area contributed by atoms with Crippen molar-refractivity contribution in [3.8, 4) is 0 Å². The minimum absolute atomic E-state index is 0.150. The number of rotatable bonds is 4. The van der Waals surface area contributed by atoms with Crippen LogP contribution in [0.2, 0.25) is 0 Å². The summed E-state index contributed by atoms with van der Waals surface area (Å²) in [4.78, 5) is 3.70. The molecule has 1 aromatic rings. The van der Waals surface area contributed by atoms with Crippen molar-refractivity contribution in [3.63, 3.8) is 0 Å². The molecule has 1 aromatic heterocycles. The number of nitrogens with one attached hydrogen (secondary N) is 1. The number of hydrogen-bond acceptors (Lipinski definition) is 3. The van der Waals surface area contributed by atoms with Crippen molar-refractivity contribution in [1.82, 2.24) is 10.4 Å². The highest BCUT2D eigenvalue weighted by molar-refractivity contribution is 5.17. The fourth-order valence-electron chi connectivity index (χ4n) is 1.43. The van der Waals surface area contributed by atoms with Gasteiger partial charge < -0.3 is 0 Å². The van der Waals surface area contributed by atoms with Gasteiger partial charge in [0.1, 0.15) is 5.82 Å². The Hall–Kier alpha value is -1.00. The zero-order chi connectivity index (χ0) is 10.6. The third-order valence-corrected chi connectivity index (χ3v) is 2.53. The van der Waals surface area contributed by atoms with Gasteiger partial charge in [-0.2, -0.15) is 0 Å². The maximum Gasteiger partial charge on any atom is 0.146 e. The Balaban J connectivity index is 2.94. The molecule has 0 bridgehead atoms. The molecule has 0 aliphatic carbocycles. The summed E-state index contributed by atoms with van der Waals surface area (Å²) in [6, 6.07) is 1.51. The fourth-order valence-corrected chi connectivity index (χ4v) is 1.43. The van der Waals surface area contributed by atoms with Crippen LogP contribution in [0.5, 0.6) is 0 Å². The van der Waals surface area contributed by atoms with E-state index >= 15 is 0 Å². The second-order valence-electron chi connectivity index (χ2n) is 3.43. The first-order chi connectivity index (χ1) is 6.70. The first-order valence-corrected chi connectivity index (χ1v) is 4.76. The fraction of sp³-hybridized carbons (Fsp3) is 0.500. The van der Waals surface area contributed by atoms with Crippen LogP contribution in [0.25, 0.3) is 0 Å². The van der Waals surface area contributed by atoms with Gasteiger partial charge in [-0.1, -0.05) is 20.3 Å². The Morgan fingerprint density at radius 2 is 2.36 bits per heavy atom. The van der Waals surface area contributed by atoms with E-state index in [0.717, 1.165) is 6.42 Å². The molecule has 0 saturated heterocycles. The van der Waals surface area contributed by atoms with Gasteiger partial charge in [-0.25, -0.2) is 4.39 Å². The lowest BCUT2D eigenvalue weighted by Gasteiger charge is -2.22. The molecule has 0 fully saturated rings. The largest absolute Gasteiger partial charge is 0.271 e. The van der Waals surface area contributed by atoms with Gasteiger partial charge in [0.05, 0.1) is 12.2 Å². The predicted octanol–water partition coefficient (Wildman–Crippen LogP) is 1.77. The van der Waals surface area contributed by atoms with Gasteiger partial charge in [-0.3, -0.25) is 16.3 Å². The van der Waals surface area contributed by atoms with Gasteiger partial charge in [0.2, 0.25) is 0 Å². The van der Waals surface area contributed by atoms with Crippen LogP contribution in [0, 0.1) is 11.7 Å². The molecule has 3 nitrogen and oxygen atoms in total. The lowest BCUT2D eigenvalue weighted by Crippen LogP contribution is -2.33. The number of aromatic nitrogens is 1. The number of pyridine rings is 1. The summed E-state index contributed by atoms with van der Waals surface area (Å²) in [5.41, 5.74) is 3.22. The van der Waals surface area contributed by atoms with Crippen molar-refractivity contribution in [2.75, 3.05) is 0 Å². The monoisotopic (exact) mass is 197 g/mol. The number of hydrazine groups is 1. The Bertz CT molecular complexity index is 290. The van der Waals surface area contributed by atoms with Gasteiger partial charge in [-0.05, 0) is 12.0 Å². The molecule has 0 saturated carbocycles. The molecule has 14 heavy (non-hydrogen) atoms. The second kappa shape index (κ2) is 5.02. The highest BCUT2D eigenvalue weighted by Crippen LogP contribution is 2.24. The van der Waals surface area contributed by atoms with Gasteiger partial charge in [-0.15, -0.1) is 0 Å². The normalized spacial score (nSPS) is 15.1. The number of halogens is 1. The molecule has 0 amide bonds. The van der Waals surface area contributed by atoms with E-state index in [1.165, 1.54) is 6.20 Å². The molecule has 2 atom stereocenters. The van der Waals surface area contributed by atoms with Crippen LogP contribution in [-0.4, -0.2) is 4.98 Å². The molecule has 0 spiro atoms. The van der Waals surface area contributed by atoms with E-state index in [4.69, 9.17) is 5.84 Å². The van der Waals surface area contributed by atoms with Crippen LogP contribution < -0.4 is 11.3 Å². The Morgan fingerprint density at radius 3 is 2.86 bits per heavy atom. The van der Waals surface area contributed by atoms with Crippen LogP contribution in [0.15, 0.2) is 18.5 Å². The lowest BCUT2D eigenvalue weighted by atomic mass is 9.93. The Morgan fingerprint density at radius 1 is 1.64 bits per heavy atom. The summed E-state index contributed by atoms with van der Waals surface area (Å²) in [6.45, 7) is 4.08. The molecular weight excluding hydrogens is 181 g/mol. The van der Waals surface area contributed by atoms with Crippen molar-refractivity contribution in [2.45, 2.75) is 26.3 Å². The molecule has 0 aliphatic rings. The topological polar surface area (TPSA) is 50.9 Å². The van der Waals surface area contributed by atoms with E-state index in [1.807, 2.05) is 13.8 Å². The predicted molar refractivity (Wildman–Crippen MR) is 53.7 cm³/mol. The lowest BCUT2D eigenvalue weighted by molar-refractivity contribution is 0.370. The van der Waals surface area contributed by atoms with E-state index in [1.54, 1.807) is 12.3 Å². The van der Waals surface area contributed by atoms with Gasteiger partial charge >= 0.3 is 0 Å². The van der Waals surface area contributed by atoms with Crippen LogP contribution in [0.1, 0.15) is 31.9 Å². The Labute approximate surface area is 83.5 Å². The second-order valence-corrected chi connectivity index (χ2v) is 3.43. The standard InChI is InChI=1S/C10H16FN3/c1-3-7(2)10(14-12)8-4-5-13-6-9(8)11/h4-7,10,14H,3,12H2,1-2H3. The summed E-state index contributed by atoms with van der Waals surface area (Å²) < 4.78 is 13.4. The number of nitrogens with two attached hydrogens (primary N) is 1. The number of nitrogens with zero attached hydrogens (tertiary/aromatic N) is 1. The minimum atomic E-state index is -0.309. The first-order valence-electron chi connectivity index (χ1n) is 4.76. The van der Waals surface area contributed by atoms with E-state index in [0.29, 0.717) is 5.56 Å². The summed E-state index contributed by atoms with van der Waals surface area (Å²) in [5, 5.41) is 0. The summed E-state index contributed by atoms with van der Waals surface area (Å²) >= 11 is 0. The van der Waals surface area contributed by atoms with Crippen LogP contribution in [-0.2, 0) is 0 Å². The molecule has 0 radical (unpaired) electrons. The zero-order valence-corrected chi connectivity index (χ0v) is 8.50. The van der Waals surface area contributed by atoms with E-state index in [2.05, 4.69) is 10.4 Å². The van der Waals surface area contributed by atoms with Crippen LogP contribution in [0.3, 0.4) is 0 Å². The average Bonchev–Trinajstić information content (AvgIpc) is 2.21. The van der Waals surface area contributed by atoms with E-state index in [9.17, 15) is 4.39 Å². The zero-order valence-electron chi connectivity index (χ0n) is 8.50. The maximum absolute atomic E-state index is 13.4. The van der Waals surface area contributed by atoms with Crippen molar-refractivity contribution in [1.29, 1.82) is 0 Å². The van der Waals surface area contributed by atoms with Crippen LogP contribution >= 0.6 is 0 Å². The van der Waals surface area contributed by atoms with Crippen LogP contribution in [0.4, 0.5) is 4.39 Å². The molecule has 1 rings (SSSR count). The van der Waals surface area contributed by atoms with Crippen molar-refractivity contribution in [2.24, 2.45) is 11.8 Å². The third-order valence-electron chi connectivity index (χ3n) is 2.53. The summed E-state index contributed by atoms with van der Waals surface area (Å²) in [5.74, 6) is 5.39. The molecule has 4 heteroatoms. The molecule has 2 unspecified atom stereocenters. The highest BCUT2D eigenvalue weighted by atomic mass is 19.1. The molecular formula is C10H16FN3. The highest BCUT2D eigenvalue weighted by Gasteiger charge is 2.19. The van der Waals surface area contributed by atoms with Gasteiger partial charge in [0.25, 0.3) is 0 Å². The molecule has 78 valence electrons. The molecule has 3 N–H and O–H groups in total. The average molecular weight is 197 g/mol. The van der Waals surface area contributed by atoms with E-state index < -0.39 is 0 Å². The van der Waals surface area contributed by atoms with E-state index in [-0.39, 0.29) is 17.8 Å². The quantitative estimate of drug-likeness (QED) is 0.571. The van der Waals surface area contributed by atoms with Crippen molar-refractivity contribution >= 4 is 0 Å². The van der Waals surface area contributed by atoms with Crippen molar-refractivity contribution < 1.29 is 4.39 Å². The molecule has 0 aromatic carbocycles. The molecule has 1 heterocycles. The number of hydrogen-bond donors (Lipinski definition) is 2. The first kappa shape index (κ1) is 11.1. The Kier molecular flexibility index (Phi) is 3.98. The molecule has 0 aliphatic heterocycles. The van der Waals surface area contributed by atoms with Gasteiger partial charge in [0, 0.05) is 11.8 Å². The summed E-state index contributed by atoms with van der Waals surface area (Å²) in [7, 11) is 0.